The molecular formula is C10H12N2O2. The van der Waals surface area contributed by atoms with E-state index in [1.165, 1.54) is 7.11 Å². The van der Waals surface area contributed by atoms with Crippen LogP contribution in [0.5, 0.6) is 0 Å². The average Bonchev–Trinajstić information content (AvgIpc) is 2.16. The first-order valence-corrected chi connectivity index (χ1v) is 4.12. The van der Waals surface area contributed by atoms with Crippen LogP contribution < -0.4 is 5.73 Å². The molecule has 0 saturated heterocycles. The Bertz CT molecular complexity index is 372. The van der Waals surface area contributed by atoms with Crippen LogP contribution in [-0.2, 0) is 4.84 Å². The summed E-state index contributed by atoms with van der Waals surface area (Å²) >= 11 is 0. The fraction of sp³-hybridized carbons (Fsp3) is 0.200. The summed E-state index contributed by atoms with van der Waals surface area (Å²) in [6, 6.07) is 5.27. The molecule has 2 N–H and O–H groups in total. The normalized spacial score (nSPS) is 10.4. The Morgan fingerprint density at radius 1 is 1.57 bits per heavy atom. The summed E-state index contributed by atoms with van der Waals surface area (Å²) in [5, 5.41) is 3.63. The lowest BCUT2D eigenvalue weighted by atomic mass is 10.0. The van der Waals surface area contributed by atoms with Crippen LogP contribution in [0.25, 0.3) is 0 Å². The van der Waals surface area contributed by atoms with Crippen molar-refractivity contribution >= 4 is 12.1 Å². The summed E-state index contributed by atoms with van der Waals surface area (Å²) in [5.74, 6) is -0.435. The summed E-state index contributed by atoms with van der Waals surface area (Å²) in [6.07, 6.45) is 1.54. The highest BCUT2D eigenvalue weighted by molar-refractivity contribution is 5.97. The molecule has 74 valence electrons. The summed E-state index contributed by atoms with van der Waals surface area (Å²) in [7, 11) is 1.46. The van der Waals surface area contributed by atoms with E-state index in [-0.39, 0.29) is 0 Å². The zero-order chi connectivity index (χ0) is 10.6. The van der Waals surface area contributed by atoms with Gasteiger partial charge in [-0.15, -0.1) is 0 Å². The Hall–Kier alpha value is -1.84. The molecule has 0 bridgehead atoms. The number of benzene rings is 1. The molecule has 1 amide bonds. The predicted molar refractivity (Wildman–Crippen MR) is 54.3 cm³/mol. The van der Waals surface area contributed by atoms with E-state index in [9.17, 15) is 4.79 Å². The van der Waals surface area contributed by atoms with Crippen molar-refractivity contribution in [1.29, 1.82) is 0 Å². The van der Waals surface area contributed by atoms with E-state index in [0.717, 1.165) is 11.1 Å². The molecule has 0 aromatic heterocycles. The fourth-order valence-electron chi connectivity index (χ4n) is 1.17. The van der Waals surface area contributed by atoms with Crippen molar-refractivity contribution in [2.45, 2.75) is 6.92 Å². The van der Waals surface area contributed by atoms with Gasteiger partial charge in [-0.25, -0.2) is 0 Å². The number of rotatable bonds is 3. The zero-order valence-electron chi connectivity index (χ0n) is 8.15. The van der Waals surface area contributed by atoms with Crippen molar-refractivity contribution in [3.8, 4) is 0 Å². The molecule has 0 heterocycles. The highest BCUT2D eigenvalue weighted by atomic mass is 16.6. The quantitative estimate of drug-likeness (QED) is 0.575. The van der Waals surface area contributed by atoms with Crippen LogP contribution in [0.3, 0.4) is 0 Å². The van der Waals surface area contributed by atoms with Gasteiger partial charge >= 0.3 is 0 Å². The molecule has 0 aliphatic carbocycles. The van der Waals surface area contributed by atoms with Gasteiger partial charge in [0.2, 0.25) is 5.91 Å². The molecule has 4 heteroatoms. The molecule has 0 fully saturated rings. The monoisotopic (exact) mass is 192 g/mol. The first-order valence-electron chi connectivity index (χ1n) is 4.12. The summed E-state index contributed by atoms with van der Waals surface area (Å²) in [5.41, 5.74) is 7.33. The Kier molecular flexibility index (Phi) is 3.23. The number of carbonyl (C=O) groups is 1. The lowest BCUT2D eigenvalue weighted by Gasteiger charge is -2.03. The van der Waals surface area contributed by atoms with Crippen LogP contribution in [0, 0.1) is 6.92 Å². The van der Waals surface area contributed by atoms with E-state index in [0.29, 0.717) is 5.56 Å². The van der Waals surface area contributed by atoms with Gasteiger partial charge in [0.15, 0.2) is 0 Å². The maximum Gasteiger partial charge on any atom is 0.248 e. The molecule has 14 heavy (non-hydrogen) atoms. The van der Waals surface area contributed by atoms with E-state index < -0.39 is 5.91 Å². The number of amides is 1. The van der Waals surface area contributed by atoms with Crippen molar-refractivity contribution in [1.82, 2.24) is 0 Å². The first kappa shape index (κ1) is 10.2. The summed E-state index contributed by atoms with van der Waals surface area (Å²) < 4.78 is 0. The molecular weight excluding hydrogens is 180 g/mol. The van der Waals surface area contributed by atoms with E-state index >= 15 is 0 Å². The van der Waals surface area contributed by atoms with Crippen LogP contribution in [0.1, 0.15) is 21.5 Å². The second kappa shape index (κ2) is 4.41. The smallest absolute Gasteiger partial charge is 0.248 e. The molecule has 0 saturated carbocycles. The summed E-state index contributed by atoms with van der Waals surface area (Å²) in [6.45, 7) is 1.82. The molecule has 4 nitrogen and oxygen atoms in total. The average molecular weight is 192 g/mol. The number of hydrogen-bond acceptors (Lipinski definition) is 3. The third-order valence-corrected chi connectivity index (χ3v) is 1.94. The van der Waals surface area contributed by atoms with Gasteiger partial charge in [-0.05, 0) is 24.1 Å². The molecule has 0 aliphatic rings. The SMILES string of the molecule is CON=Cc1cccc(C(N)=O)c1C. The van der Waals surface area contributed by atoms with E-state index in [2.05, 4.69) is 9.99 Å². The molecule has 1 aromatic carbocycles. The van der Waals surface area contributed by atoms with Gasteiger partial charge in [-0.3, -0.25) is 4.79 Å². The molecule has 1 aromatic rings. The molecule has 0 aliphatic heterocycles. The van der Waals surface area contributed by atoms with Crippen LogP contribution in [-0.4, -0.2) is 19.2 Å². The Balaban J connectivity index is 3.14. The number of nitrogens with two attached hydrogens (primary N) is 1. The molecule has 0 spiro atoms. The van der Waals surface area contributed by atoms with Crippen molar-refractivity contribution in [2.24, 2.45) is 10.9 Å². The van der Waals surface area contributed by atoms with Gasteiger partial charge in [0.25, 0.3) is 0 Å². The van der Waals surface area contributed by atoms with E-state index in [4.69, 9.17) is 5.73 Å². The number of primary amides is 1. The van der Waals surface area contributed by atoms with Gasteiger partial charge < -0.3 is 10.6 Å². The van der Waals surface area contributed by atoms with Crippen LogP contribution >= 0.6 is 0 Å². The molecule has 0 radical (unpaired) electrons. The van der Waals surface area contributed by atoms with Crippen LogP contribution in [0.4, 0.5) is 0 Å². The number of carbonyl (C=O) groups excluding carboxylic acids is 1. The van der Waals surface area contributed by atoms with Gasteiger partial charge in [-0.2, -0.15) is 0 Å². The Morgan fingerprint density at radius 3 is 2.86 bits per heavy atom. The number of nitrogens with zero attached hydrogens (tertiary/aromatic N) is 1. The van der Waals surface area contributed by atoms with Crippen molar-refractivity contribution in [3.05, 3.63) is 34.9 Å². The van der Waals surface area contributed by atoms with Gasteiger partial charge in [0.05, 0.1) is 6.21 Å². The van der Waals surface area contributed by atoms with Crippen LogP contribution in [0.15, 0.2) is 23.4 Å². The van der Waals surface area contributed by atoms with Crippen LogP contribution in [0.2, 0.25) is 0 Å². The molecule has 0 atom stereocenters. The lowest BCUT2D eigenvalue weighted by molar-refractivity contribution is 0.0999. The third-order valence-electron chi connectivity index (χ3n) is 1.94. The van der Waals surface area contributed by atoms with Crippen molar-refractivity contribution in [2.75, 3.05) is 7.11 Å². The summed E-state index contributed by atoms with van der Waals surface area (Å²) in [4.78, 5) is 15.5. The van der Waals surface area contributed by atoms with Gasteiger partial charge in [0, 0.05) is 5.56 Å². The Morgan fingerprint density at radius 2 is 2.29 bits per heavy atom. The lowest BCUT2D eigenvalue weighted by Crippen LogP contribution is -2.13. The molecule has 0 unspecified atom stereocenters. The minimum atomic E-state index is -0.435. The van der Waals surface area contributed by atoms with Gasteiger partial charge in [-0.1, -0.05) is 17.3 Å². The standard InChI is InChI=1S/C10H12N2O2/c1-7-8(6-12-14-2)4-3-5-9(7)10(11)13/h3-6H,1-2H3,(H2,11,13). The zero-order valence-corrected chi connectivity index (χ0v) is 8.15. The first-order chi connectivity index (χ1) is 6.66. The number of hydrogen-bond donors (Lipinski definition) is 1. The minimum absolute atomic E-state index is 0.435. The second-order valence-corrected chi connectivity index (χ2v) is 2.80. The predicted octanol–water partition coefficient (Wildman–Crippen LogP) is 1.07. The fourth-order valence-corrected chi connectivity index (χ4v) is 1.17. The highest BCUT2D eigenvalue weighted by Crippen LogP contribution is 2.11. The van der Waals surface area contributed by atoms with Crippen molar-refractivity contribution < 1.29 is 9.63 Å². The Labute approximate surface area is 82.4 Å². The molecule has 1 rings (SSSR count). The highest BCUT2D eigenvalue weighted by Gasteiger charge is 2.06. The van der Waals surface area contributed by atoms with E-state index in [1.807, 2.05) is 13.0 Å². The topological polar surface area (TPSA) is 64.7 Å². The minimum Gasteiger partial charge on any atom is -0.399 e. The maximum atomic E-state index is 11.0. The maximum absolute atomic E-state index is 11.0. The largest absolute Gasteiger partial charge is 0.399 e. The van der Waals surface area contributed by atoms with E-state index in [1.54, 1.807) is 18.3 Å². The van der Waals surface area contributed by atoms with Gasteiger partial charge in [0.1, 0.15) is 7.11 Å². The van der Waals surface area contributed by atoms with Crippen molar-refractivity contribution in [3.63, 3.8) is 0 Å². The number of oxime groups is 1. The third kappa shape index (κ3) is 2.10. The second-order valence-electron chi connectivity index (χ2n) is 2.80.